The molecule has 5 unspecified atom stereocenters. The van der Waals surface area contributed by atoms with E-state index in [1.54, 1.807) is 0 Å². The van der Waals surface area contributed by atoms with Crippen molar-refractivity contribution < 1.29 is 67.8 Å². The van der Waals surface area contributed by atoms with Gasteiger partial charge in [0.05, 0.1) is 18.8 Å². The van der Waals surface area contributed by atoms with Crippen molar-refractivity contribution in [1.82, 2.24) is 0 Å². The smallest absolute Gasteiger partial charge is 0.462 e. The summed E-state index contributed by atoms with van der Waals surface area (Å²) >= 11 is 0. The van der Waals surface area contributed by atoms with E-state index in [1.165, 1.54) is 44.9 Å². The molecule has 6 N–H and O–H groups in total. The average Bonchev–Trinajstić information content (AvgIpc) is 3.99. The monoisotopic (exact) mass is 873 g/mol. The summed E-state index contributed by atoms with van der Waals surface area (Å²) in [7, 11) is -5.14. The van der Waals surface area contributed by atoms with Crippen LogP contribution in [-0.2, 0) is 37.4 Å². The van der Waals surface area contributed by atoms with Crippen LogP contribution in [0.4, 0.5) is 0 Å². The summed E-state index contributed by atoms with van der Waals surface area (Å²) in [5, 5.41) is 50.1. The minimum Gasteiger partial charge on any atom is -0.462 e. The first-order chi connectivity index (χ1) is 28.9. The lowest BCUT2D eigenvalue weighted by molar-refractivity contribution is -0.220. The predicted molar refractivity (Wildman–Crippen MR) is 230 cm³/mol. The van der Waals surface area contributed by atoms with Crippen LogP contribution < -0.4 is 0 Å². The largest absolute Gasteiger partial charge is 0.472 e. The maximum absolute atomic E-state index is 12.8. The summed E-state index contributed by atoms with van der Waals surface area (Å²) in [5.74, 6) is -1.18. The van der Waals surface area contributed by atoms with Crippen molar-refractivity contribution in [2.45, 2.75) is 210 Å². The van der Waals surface area contributed by atoms with Crippen LogP contribution in [0.15, 0.2) is 48.6 Å². The highest BCUT2D eigenvalue weighted by molar-refractivity contribution is 7.47. The number of carbonyl (C=O) groups is 2. The molecular weight excluding hydrogens is 795 g/mol. The molecule has 346 valence electrons. The fourth-order valence-corrected chi connectivity index (χ4v) is 7.70. The normalized spacial score (nSPS) is 26.0. The van der Waals surface area contributed by atoms with E-state index < -0.39 is 75.7 Å². The number of rotatable bonds is 35. The summed E-state index contributed by atoms with van der Waals surface area (Å²) < 4.78 is 39.2. The number of carbonyl (C=O) groups excluding carboxylic acids is 2. The van der Waals surface area contributed by atoms with Crippen LogP contribution in [0.5, 0.6) is 0 Å². The van der Waals surface area contributed by atoms with Gasteiger partial charge in [0, 0.05) is 12.8 Å². The molecule has 1 saturated heterocycles. The third-order valence-corrected chi connectivity index (χ3v) is 11.5. The van der Waals surface area contributed by atoms with Crippen LogP contribution in [-0.4, -0.2) is 111 Å². The summed E-state index contributed by atoms with van der Waals surface area (Å²) in [6.45, 7) is 3.18. The topological polar surface area (TPSA) is 222 Å². The molecule has 1 heterocycles. The summed E-state index contributed by atoms with van der Waals surface area (Å²) in [6, 6.07) is 0. The van der Waals surface area contributed by atoms with E-state index in [0.29, 0.717) is 25.4 Å². The minimum atomic E-state index is -5.14. The summed E-state index contributed by atoms with van der Waals surface area (Å²) in [5.41, 5.74) is 0. The van der Waals surface area contributed by atoms with Crippen molar-refractivity contribution in [3.63, 3.8) is 0 Å². The molecule has 1 saturated carbocycles. The van der Waals surface area contributed by atoms with Crippen molar-refractivity contribution >= 4 is 19.8 Å². The van der Waals surface area contributed by atoms with Crippen molar-refractivity contribution in [2.24, 2.45) is 0 Å². The lowest BCUT2D eigenvalue weighted by Gasteiger charge is -2.41. The fourth-order valence-electron chi connectivity index (χ4n) is 6.73. The first-order valence-corrected chi connectivity index (χ1v) is 24.1. The minimum absolute atomic E-state index is 0.0126. The molecule has 14 nitrogen and oxygen atoms in total. The van der Waals surface area contributed by atoms with E-state index in [1.807, 2.05) is 12.2 Å². The first-order valence-electron chi connectivity index (χ1n) is 22.6. The number of phosphoric ester groups is 1. The molecule has 0 radical (unpaired) electrons. The second-order valence-electron chi connectivity index (χ2n) is 15.9. The van der Waals surface area contributed by atoms with E-state index in [9.17, 15) is 44.6 Å². The molecule has 0 amide bonds. The summed E-state index contributed by atoms with van der Waals surface area (Å²) in [4.78, 5) is 35.6. The highest BCUT2D eigenvalue weighted by Gasteiger charge is 2.51. The van der Waals surface area contributed by atoms with Crippen molar-refractivity contribution in [1.29, 1.82) is 0 Å². The van der Waals surface area contributed by atoms with Gasteiger partial charge in [-0.15, -0.1) is 0 Å². The number of esters is 2. The lowest BCUT2D eigenvalue weighted by atomic mass is 9.85. The molecule has 60 heavy (non-hydrogen) atoms. The van der Waals surface area contributed by atoms with Crippen molar-refractivity contribution in [3.8, 4) is 0 Å². The molecule has 0 spiro atoms. The van der Waals surface area contributed by atoms with Gasteiger partial charge in [0.1, 0.15) is 43.2 Å². The van der Waals surface area contributed by atoms with Crippen molar-refractivity contribution in [3.05, 3.63) is 48.6 Å². The van der Waals surface area contributed by atoms with E-state index >= 15 is 0 Å². The van der Waals surface area contributed by atoms with Gasteiger partial charge in [-0.05, 0) is 77.0 Å². The Bertz CT molecular complexity index is 1300. The zero-order valence-electron chi connectivity index (χ0n) is 36.2. The van der Waals surface area contributed by atoms with Crippen LogP contribution in [0.1, 0.15) is 155 Å². The molecule has 0 aromatic carbocycles. The van der Waals surface area contributed by atoms with Crippen molar-refractivity contribution in [2.75, 3.05) is 13.2 Å². The van der Waals surface area contributed by atoms with Crippen LogP contribution in [0, 0.1) is 0 Å². The fraction of sp³-hybridized carbons (Fsp3) is 0.778. The Morgan fingerprint density at radius 3 is 1.70 bits per heavy atom. The van der Waals surface area contributed by atoms with Gasteiger partial charge in [-0.2, -0.15) is 0 Å². The molecule has 15 heteroatoms. The Kier molecular flexibility index (Phi) is 29.1. The maximum Gasteiger partial charge on any atom is 0.472 e. The number of phosphoric acid groups is 1. The Morgan fingerprint density at radius 1 is 0.583 bits per heavy atom. The number of allylic oxidation sites excluding steroid dienone is 6. The third-order valence-electron chi connectivity index (χ3n) is 10.5. The van der Waals surface area contributed by atoms with Crippen LogP contribution in [0.25, 0.3) is 0 Å². The van der Waals surface area contributed by atoms with Gasteiger partial charge < -0.3 is 44.6 Å². The van der Waals surface area contributed by atoms with E-state index in [-0.39, 0.29) is 18.9 Å². The van der Waals surface area contributed by atoms with Crippen LogP contribution in [0.3, 0.4) is 0 Å². The molecular formula is C45H77O14P. The second kappa shape index (κ2) is 32.4. The number of aliphatic hydroxyl groups excluding tert-OH is 5. The van der Waals surface area contributed by atoms with E-state index in [2.05, 4.69) is 50.3 Å². The lowest BCUT2D eigenvalue weighted by Crippen LogP contribution is -2.64. The molecule has 10 atom stereocenters. The Labute approximate surface area is 358 Å². The van der Waals surface area contributed by atoms with Crippen LogP contribution in [0.2, 0.25) is 0 Å². The molecule has 2 fully saturated rings. The maximum atomic E-state index is 12.8. The third kappa shape index (κ3) is 24.4. The van der Waals surface area contributed by atoms with E-state index in [0.717, 1.165) is 64.2 Å². The SMILES string of the molecule is CCCCC/C=C\CC1OC1C/C=C\C/C=C\CCCC(=O)O[C@H](COC(=O)CCCCCCC/C=C\CCCCCC)COP(=O)(O)OC1[C@H](O)[C@H](O)C(O)[C@H](O)[C@H]1O. The highest BCUT2D eigenvalue weighted by Crippen LogP contribution is 2.47. The number of hydrogen-bond donors (Lipinski definition) is 6. The van der Waals surface area contributed by atoms with Gasteiger partial charge in [-0.25, -0.2) is 4.57 Å². The summed E-state index contributed by atoms with van der Waals surface area (Å²) in [6.07, 6.45) is 24.9. The molecule has 2 aliphatic rings. The van der Waals surface area contributed by atoms with E-state index in [4.69, 9.17) is 23.3 Å². The first kappa shape index (κ1) is 53.9. The number of unbranched alkanes of at least 4 members (excludes halogenated alkanes) is 13. The number of aliphatic hydroxyl groups is 5. The highest BCUT2D eigenvalue weighted by atomic mass is 31.2. The van der Waals surface area contributed by atoms with Gasteiger partial charge in [0.25, 0.3) is 0 Å². The second-order valence-corrected chi connectivity index (χ2v) is 17.3. The molecule has 2 rings (SSSR count). The molecule has 0 bridgehead atoms. The zero-order valence-corrected chi connectivity index (χ0v) is 37.1. The molecule has 0 aromatic rings. The number of epoxide rings is 1. The van der Waals surface area contributed by atoms with Gasteiger partial charge >= 0.3 is 19.8 Å². The Morgan fingerprint density at radius 2 is 1.05 bits per heavy atom. The Hall–Kier alpha value is -2.23. The molecule has 1 aliphatic heterocycles. The Balaban J connectivity index is 1.75. The average molecular weight is 873 g/mol. The molecule has 1 aliphatic carbocycles. The van der Waals surface area contributed by atoms with Crippen LogP contribution >= 0.6 is 7.82 Å². The van der Waals surface area contributed by atoms with Gasteiger partial charge in [-0.1, -0.05) is 114 Å². The predicted octanol–water partition coefficient (Wildman–Crippen LogP) is 7.38. The molecule has 0 aromatic heterocycles. The standard InChI is InChI=1S/C45H77O14P/c1-3-5-7-9-11-12-13-14-15-16-19-23-27-31-38(46)55-33-35(34-56-60(53,54)59-45-43(51)41(49)40(48)42(50)44(45)52)57-39(47)32-28-24-20-17-18-22-26-30-37-36(58-37)29-25-21-10-8-6-4-2/h12-13,17,20-22,25-26,35-37,40-45,48-52H,3-11,14-16,18-19,23-24,27-34H2,1-2H3,(H,53,54)/b13-12-,20-17-,25-21-,26-22-/t35-,36?,37?,40?,41-,42+,43-,44-,45?/m1/s1. The number of ether oxygens (including phenoxy) is 3. The quantitative estimate of drug-likeness (QED) is 0.0120. The van der Waals surface area contributed by atoms with Gasteiger partial charge in [0.15, 0.2) is 6.10 Å². The van der Waals surface area contributed by atoms with Gasteiger partial charge in [0.2, 0.25) is 0 Å². The zero-order chi connectivity index (χ0) is 44.0. The number of hydrogen-bond acceptors (Lipinski definition) is 13. The van der Waals surface area contributed by atoms with Gasteiger partial charge in [-0.3, -0.25) is 18.6 Å².